The minimum atomic E-state index is -0.0577. The first-order valence-corrected chi connectivity index (χ1v) is 9.15. The normalized spacial score (nSPS) is 10.7. The molecule has 7 heteroatoms. The summed E-state index contributed by atoms with van der Waals surface area (Å²) < 4.78 is 11.3. The summed E-state index contributed by atoms with van der Waals surface area (Å²) >= 11 is 0. The monoisotopic (exact) mass is 388 g/mol. The van der Waals surface area contributed by atoms with E-state index in [0.29, 0.717) is 11.8 Å². The van der Waals surface area contributed by atoms with Crippen LogP contribution in [-0.2, 0) is 11.2 Å². The fraction of sp³-hybridized carbons (Fsp3) is 0.136. The molecule has 0 aliphatic rings. The summed E-state index contributed by atoms with van der Waals surface area (Å²) in [5.41, 5.74) is 4.58. The number of amides is 1. The number of anilines is 2. The molecule has 1 amide bonds. The summed E-state index contributed by atoms with van der Waals surface area (Å²) in [5, 5.41) is 5.82. The Morgan fingerprint density at radius 1 is 1.07 bits per heavy atom. The molecule has 0 bridgehead atoms. The fourth-order valence-electron chi connectivity index (χ4n) is 3.12. The number of carbonyl (C=O) groups is 1. The maximum absolute atomic E-state index is 11.8. The van der Waals surface area contributed by atoms with Crippen molar-refractivity contribution < 1.29 is 13.6 Å². The zero-order valence-corrected chi connectivity index (χ0v) is 16.1. The van der Waals surface area contributed by atoms with Crippen LogP contribution in [0.25, 0.3) is 22.6 Å². The molecule has 0 spiro atoms. The second-order valence-electron chi connectivity index (χ2n) is 6.56. The van der Waals surface area contributed by atoms with Crippen molar-refractivity contribution in [1.82, 2.24) is 15.3 Å². The van der Waals surface area contributed by atoms with Gasteiger partial charge >= 0.3 is 0 Å². The molecule has 146 valence electrons. The van der Waals surface area contributed by atoms with E-state index in [-0.39, 0.29) is 12.3 Å². The van der Waals surface area contributed by atoms with Crippen molar-refractivity contribution in [3.8, 4) is 22.6 Å². The first kappa shape index (κ1) is 18.5. The number of nitrogens with zero attached hydrogens (tertiary/aromatic N) is 2. The molecule has 0 saturated heterocycles. The summed E-state index contributed by atoms with van der Waals surface area (Å²) in [5.74, 6) is 1.26. The van der Waals surface area contributed by atoms with E-state index in [1.54, 1.807) is 19.4 Å². The summed E-state index contributed by atoms with van der Waals surface area (Å²) in [7, 11) is 1.62. The number of aromatic nitrogens is 2. The Morgan fingerprint density at radius 3 is 2.69 bits per heavy atom. The van der Waals surface area contributed by atoms with Crippen LogP contribution in [-0.4, -0.2) is 22.9 Å². The van der Waals surface area contributed by atoms with Crippen molar-refractivity contribution in [2.75, 3.05) is 12.4 Å². The highest BCUT2D eigenvalue weighted by atomic mass is 16.4. The van der Waals surface area contributed by atoms with Crippen LogP contribution >= 0.6 is 0 Å². The number of aryl methyl sites for hydroxylation is 1. The van der Waals surface area contributed by atoms with Crippen molar-refractivity contribution in [3.63, 3.8) is 0 Å². The van der Waals surface area contributed by atoms with Gasteiger partial charge in [0.15, 0.2) is 17.9 Å². The summed E-state index contributed by atoms with van der Waals surface area (Å²) in [6.07, 6.45) is 5.03. The number of hydrogen-bond donors (Lipinski definition) is 2. The molecule has 0 aliphatic carbocycles. The highest BCUT2D eigenvalue weighted by Gasteiger charge is 2.13. The molecule has 0 unspecified atom stereocenters. The number of hydrogen-bond acceptors (Lipinski definition) is 6. The van der Waals surface area contributed by atoms with Gasteiger partial charge in [-0.15, -0.1) is 0 Å². The van der Waals surface area contributed by atoms with Crippen LogP contribution < -0.4 is 10.6 Å². The number of carbonyl (C=O) groups excluding carboxylic acids is 1. The van der Waals surface area contributed by atoms with Gasteiger partial charge in [0.05, 0.1) is 18.8 Å². The number of benzene rings is 2. The van der Waals surface area contributed by atoms with E-state index in [2.05, 4.69) is 20.6 Å². The zero-order valence-electron chi connectivity index (χ0n) is 16.1. The first-order valence-electron chi connectivity index (χ1n) is 9.15. The summed E-state index contributed by atoms with van der Waals surface area (Å²) in [6, 6.07) is 13.9. The molecule has 7 nitrogen and oxygen atoms in total. The highest BCUT2D eigenvalue weighted by Crippen LogP contribution is 2.30. The fourth-order valence-corrected chi connectivity index (χ4v) is 3.12. The maximum atomic E-state index is 11.8. The number of rotatable bonds is 6. The van der Waals surface area contributed by atoms with Crippen LogP contribution in [0.3, 0.4) is 0 Å². The molecular formula is C22H20N4O3. The van der Waals surface area contributed by atoms with Crippen molar-refractivity contribution in [2.24, 2.45) is 0 Å². The zero-order chi connectivity index (χ0) is 20.2. The molecule has 4 rings (SSSR count). The van der Waals surface area contributed by atoms with Gasteiger partial charge in [-0.25, -0.2) is 9.97 Å². The number of likely N-dealkylation sites (N-methyl/N-ethyl adjacent to an activating group) is 1. The molecule has 29 heavy (non-hydrogen) atoms. The molecule has 2 aromatic carbocycles. The lowest BCUT2D eigenvalue weighted by Gasteiger charge is -2.07. The van der Waals surface area contributed by atoms with Gasteiger partial charge in [0.1, 0.15) is 0 Å². The van der Waals surface area contributed by atoms with Gasteiger partial charge in [-0.05, 0) is 36.2 Å². The van der Waals surface area contributed by atoms with E-state index in [4.69, 9.17) is 8.83 Å². The van der Waals surface area contributed by atoms with Gasteiger partial charge in [0, 0.05) is 23.9 Å². The molecule has 0 radical (unpaired) electrons. The third kappa shape index (κ3) is 4.03. The van der Waals surface area contributed by atoms with Gasteiger partial charge in [0.25, 0.3) is 6.01 Å². The van der Waals surface area contributed by atoms with Crippen molar-refractivity contribution in [1.29, 1.82) is 0 Å². The quantitative estimate of drug-likeness (QED) is 0.510. The highest BCUT2D eigenvalue weighted by molar-refractivity contribution is 5.81. The molecule has 0 atom stereocenters. The molecule has 0 fully saturated rings. The Hall–Kier alpha value is -3.87. The van der Waals surface area contributed by atoms with Gasteiger partial charge in [-0.1, -0.05) is 24.3 Å². The Labute approximate surface area is 167 Å². The minimum absolute atomic E-state index is 0.0577. The van der Waals surface area contributed by atoms with Gasteiger partial charge in [0.2, 0.25) is 5.91 Å². The van der Waals surface area contributed by atoms with E-state index >= 15 is 0 Å². The molecule has 4 aromatic rings. The predicted octanol–water partition coefficient (Wildman–Crippen LogP) is 4.34. The van der Waals surface area contributed by atoms with Crippen LogP contribution in [0.15, 0.2) is 70.1 Å². The average molecular weight is 388 g/mol. The SMILES string of the molecule is CNC(=O)Cc1ccccc1-c1cnc(Nc2ccc(-c3cnco3)c(C)c2)o1. The lowest BCUT2D eigenvalue weighted by Crippen LogP contribution is -2.20. The van der Waals surface area contributed by atoms with Crippen LogP contribution in [0.1, 0.15) is 11.1 Å². The van der Waals surface area contributed by atoms with Crippen LogP contribution in [0.5, 0.6) is 0 Å². The van der Waals surface area contributed by atoms with E-state index < -0.39 is 0 Å². The molecule has 2 aromatic heterocycles. The van der Waals surface area contributed by atoms with E-state index in [9.17, 15) is 4.79 Å². The molecular weight excluding hydrogens is 368 g/mol. The molecule has 0 aliphatic heterocycles. The second kappa shape index (κ2) is 8.02. The van der Waals surface area contributed by atoms with E-state index in [0.717, 1.165) is 33.7 Å². The minimum Gasteiger partial charge on any atom is -0.444 e. The van der Waals surface area contributed by atoms with Crippen molar-refractivity contribution in [3.05, 3.63) is 72.4 Å². The smallest absolute Gasteiger partial charge is 0.299 e. The first-order chi connectivity index (χ1) is 14.1. The maximum Gasteiger partial charge on any atom is 0.299 e. The Morgan fingerprint density at radius 2 is 1.93 bits per heavy atom. The summed E-state index contributed by atoms with van der Waals surface area (Å²) in [6.45, 7) is 2.00. The lowest BCUT2D eigenvalue weighted by molar-refractivity contribution is -0.119. The predicted molar refractivity (Wildman–Crippen MR) is 110 cm³/mol. The van der Waals surface area contributed by atoms with E-state index in [1.165, 1.54) is 6.39 Å². The molecule has 2 heterocycles. The third-order valence-corrected chi connectivity index (χ3v) is 4.59. The molecule has 0 saturated carbocycles. The van der Waals surface area contributed by atoms with Crippen molar-refractivity contribution >= 4 is 17.6 Å². The number of nitrogens with one attached hydrogen (secondary N) is 2. The van der Waals surface area contributed by atoms with Gasteiger partial charge in [-0.2, -0.15) is 0 Å². The van der Waals surface area contributed by atoms with Gasteiger partial charge < -0.3 is 19.5 Å². The van der Waals surface area contributed by atoms with Crippen LogP contribution in [0.4, 0.5) is 11.7 Å². The van der Waals surface area contributed by atoms with Crippen LogP contribution in [0.2, 0.25) is 0 Å². The lowest BCUT2D eigenvalue weighted by atomic mass is 10.0. The van der Waals surface area contributed by atoms with E-state index in [1.807, 2.05) is 49.4 Å². The average Bonchev–Trinajstić information content (AvgIpc) is 3.41. The second-order valence-corrected chi connectivity index (χ2v) is 6.56. The Balaban J connectivity index is 1.55. The van der Waals surface area contributed by atoms with Crippen molar-refractivity contribution in [2.45, 2.75) is 13.3 Å². The standard InChI is InChI=1S/C22H20N4O3/c1-14-9-16(7-8-17(14)19-11-24-13-28-19)26-22-25-12-20(29-22)18-6-4-3-5-15(18)10-21(27)23-2/h3-9,11-13H,10H2,1-2H3,(H,23,27)(H,25,26). The summed E-state index contributed by atoms with van der Waals surface area (Å²) in [4.78, 5) is 20.1. The largest absolute Gasteiger partial charge is 0.444 e. The Kier molecular flexibility index (Phi) is 5.11. The van der Waals surface area contributed by atoms with Crippen LogP contribution in [0, 0.1) is 6.92 Å². The Bertz CT molecular complexity index is 1130. The number of oxazole rings is 2. The molecule has 2 N–H and O–H groups in total. The topological polar surface area (TPSA) is 93.2 Å². The van der Waals surface area contributed by atoms with Gasteiger partial charge in [-0.3, -0.25) is 4.79 Å². The third-order valence-electron chi connectivity index (χ3n) is 4.59.